The molecule has 148 valence electrons. The lowest BCUT2D eigenvalue weighted by Gasteiger charge is -2.17. The number of nitrogens with one attached hydrogen (secondary N) is 2. The van der Waals surface area contributed by atoms with Crippen LogP contribution in [0.25, 0.3) is 0 Å². The van der Waals surface area contributed by atoms with Crippen molar-refractivity contribution in [2.24, 2.45) is 4.99 Å². The van der Waals surface area contributed by atoms with Gasteiger partial charge in [-0.1, -0.05) is 29.8 Å². The summed E-state index contributed by atoms with van der Waals surface area (Å²) in [6.07, 6.45) is 2.78. The van der Waals surface area contributed by atoms with E-state index in [0.717, 1.165) is 35.8 Å². The molecule has 27 heavy (non-hydrogen) atoms. The SMILES string of the molecule is CN=C(NCCc1ccc(Cl)nc1)NCc1ccc(C)cc1OC(C)C.I. The highest BCUT2D eigenvalue weighted by atomic mass is 127. The van der Waals surface area contributed by atoms with E-state index in [1.807, 2.05) is 19.9 Å². The number of aromatic nitrogens is 1. The third-order valence-corrected chi connectivity index (χ3v) is 3.97. The summed E-state index contributed by atoms with van der Waals surface area (Å²) in [7, 11) is 1.76. The first-order valence-corrected chi connectivity index (χ1v) is 9.17. The van der Waals surface area contributed by atoms with E-state index >= 15 is 0 Å². The maximum absolute atomic E-state index is 5.92. The first-order chi connectivity index (χ1) is 12.5. The molecule has 1 heterocycles. The van der Waals surface area contributed by atoms with Gasteiger partial charge in [0.15, 0.2) is 5.96 Å². The Labute approximate surface area is 184 Å². The first-order valence-electron chi connectivity index (χ1n) is 8.79. The number of halogens is 2. The van der Waals surface area contributed by atoms with Crippen molar-refractivity contribution in [2.45, 2.75) is 39.8 Å². The second kappa shape index (κ2) is 12.0. The Kier molecular flexibility index (Phi) is 10.5. The topological polar surface area (TPSA) is 58.5 Å². The van der Waals surface area contributed by atoms with Gasteiger partial charge in [0.05, 0.1) is 6.10 Å². The van der Waals surface area contributed by atoms with Gasteiger partial charge in [-0.2, -0.15) is 0 Å². The molecule has 2 N–H and O–H groups in total. The van der Waals surface area contributed by atoms with Gasteiger partial charge in [-0.3, -0.25) is 4.99 Å². The van der Waals surface area contributed by atoms with Gasteiger partial charge in [0.25, 0.3) is 0 Å². The molecule has 0 radical (unpaired) electrons. The summed E-state index contributed by atoms with van der Waals surface area (Å²) in [4.78, 5) is 8.36. The number of benzene rings is 1. The van der Waals surface area contributed by atoms with E-state index in [1.165, 1.54) is 5.56 Å². The molecule has 2 aromatic rings. The average molecular weight is 503 g/mol. The lowest BCUT2D eigenvalue weighted by atomic mass is 10.1. The van der Waals surface area contributed by atoms with Crippen LogP contribution in [-0.4, -0.2) is 30.6 Å². The van der Waals surface area contributed by atoms with Crippen LogP contribution in [0.3, 0.4) is 0 Å². The lowest BCUT2D eigenvalue weighted by molar-refractivity contribution is 0.239. The van der Waals surface area contributed by atoms with Gasteiger partial charge in [0.1, 0.15) is 10.9 Å². The molecule has 0 saturated heterocycles. The quantitative estimate of drug-likeness (QED) is 0.256. The number of ether oxygens (including phenoxy) is 1. The number of hydrogen-bond donors (Lipinski definition) is 2. The van der Waals surface area contributed by atoms with Crippen molar-refractivity contribution in [3.8, 4) is 5.75 Å². The maximum Gasteiger partial charge on any atom is 0.191 e. The highest BCUT2D eigenvalue weighted by Crippen LogP contribution is 2.21. The van der Waals surface area contributed by atoms with Crippen LogP contribution in [0.4, 0.5) is 0 Å². The summed E-state index contributed by atoms with van der Waals surface area (Å²) in [5, 5.41) is 7.16. The van der Waals surface area contributed by atoms with Crippen molar-refractivity contribution >= 4 is 41.5 Å². The molecule has 1 aromatic carbocycles. The van der Waals surface area contributed by atoms with Crippen LogP contribution in [0, 0.1) is 6.92 Å². The molecule has 0 unspecified atom stereocenters. The minimum Gasteiger partial charge on any atom is -0.491 e. The molecule has 0 saturated carbocycles. The zero-order valence-corrected chi connectivity index (χ0v) is 19.3. The Balaban J connectivity index is 0.00000364. The van der Waals surface area contributed by atoms with Crippen LogP contribution < -0.4 is 15.4 Å². The lowest BCUT2D eigenvalue weighted by Crippen LogP contribution is -2.38. The summed E-state index contributed by atoms with van der Waals surface area (Å²) in [6.45, 7) is 7.53. The molecule has 0 bridgehead atoms. The Hall–Kier alpha value is -1.54. The van der Waals surface area contributed by atoms with Crippen molar-refractivity contribution in [1.82, 2.24) is 15.6 Å². The Bertz CT molecular complexity index is 735. The zero-order valence-electron chi connectivity index (χ0n) is 16.3. The van der Waals surface area contributed by atoms with Crippen LogP contribution in [0.5, 0.6) is 5.75 Å². The Morgan fingerprint density at radius 3 is 2.63 bits per heavy atom. The molecule has 7 heteroatoms. The van der Waals surface area contributed by atoms with E-state index < -0.39 is 0 Å². The van der Waals surface area contributed by atoms with Crippen molar-refractivity contribution in [3.63, 3.8) is 0 Å². The summed E-state index contributed by atoms with van der Waals surface area (Å²) in [6, 6.07) is 10.0. The number of aryl methyl sites for hydroxylation is 1. The van der Waals surface area contributed by atoms with Gasteiger partial charge >= 0.3 is 0 Å². The van der Waals surface area contributed by atoms with E-state index in [-0.39, 0.29) is 30.1 Å². The molecule has 0 aliphatic rings. The van der Waals surface area contributed by atoms with Crippen LogP contribution in [0.1, 0.15) is 30.5 Å². The summed E-state index contributed by atoms with van der Waals surface area (Å²) >= 11 is 5.81. The van der Waals surface area contributed by atoms with Crippen LogP contribution >= 0.6 is 35.6 Å². The van der Waals surface area contributed by atoms with Crippen molar-refractivity contribution < 1.29 is 4.74 Å². The number of nitrogens with zero attached hydrogens (tertiary/aromatic N) is 2. The predicted octanol–water partition coefficient (Wildman–Crippen LogP) is 4.36. The normalized spacial score (nSPS) is 11.1. The van der Waals surface area contributed by atoms with Gasteiger partial charge in [0, 0.05) is 31.9 Å². The fourth-order valence-corrected chi connectivity index (χ4v) is 2.56. The molecule has 0 aliphatic heterocycles. The average Bonchev–Trinajstić information content (AvgIpc) is 2.60. The van der Waals surface area contributed by atoms with Crippen LogP contribution in [0.2, 0.25) is 5.15 Å². The minimum atomic E-state index is 0. The van der Waals surface area contributed by atoms with E-state index in [2.05, 4.69) is 45.7 Å². The van der Waals surface area contributed by atoms with Gasteiger partial charge in [-0.25, -0.2) is 4.98 Å². The van der Waals surface area contributed by atoms with E-state index in [0.29, 0.717) is 11.7 Å². The molecular weight excluding hydrogens is 475 g/mol. The van der Waals surface area contributed by atoms with Gasteiger partial charge < -0.3 is 15.4 Å². The standard InChI is InChI=1S/C20H27ClN4O.HI/c1-14(2)26-18-11-15(3)5-7-17(18)13-25-20(22-4)23-10-9-16-6-8-19(21)24-12-16;/h5-8,11-12,14H,9-10,13H2,1-4H3,(H2,22,23,25);1H. The highest BCUT2D eigenvalue weighted by molar-refractivity contribution is 14.0. The number of pyridine rings is 1. The van der Waals surface area contributed by atoms with Crippen molar-refractivity contribution in [3.05, 3.63) is 58.4 Å². The largest absolute Gasteiger partial charge is 0.491 e. The number of guanidine groups is 1. The van der Waals surface area contributed by atoms with Crippen LogP contribution in [0.15, 0.2) is 41.5 Å². The number of hydrogen-bond acceptors (Lipinski definition) is 3. The third kappa shape index (κ3) is 8.34. The highest BCUT2D eigenvalue weighted by Gasteiger charge is 2.07. The van der Waals surface area contributed by atoms with Gasteiger partial charge in [0.2, 0.25) is 0 Å². The molecule has 0 aliphatic carbocycles. The third-order valence-electron chi connectivity index (χ3n) is 3.75. The number of rotatable bonds is 7. The fraction of sp³-hybridized carbons (Fsp3) is 0.400. The number of aliphatic imine (C=N–C) groups is 1. The van der Waals surface area contributed by atoms with Crippen molar-refractivity contribution in [2.75, 3.05) is 13.6 Å². The second-order valence-electron chi connectivity index (χ2n) is 6.37. The maximum atomic E-state index is 5.92. The van der Waals surface area contributed by atoms with Gasteiger partial charge in [-0.15, -0.1) is 24.0 Å². The molecule has 0 atom stereocenters. The molecule has 0 spiro atoms. The Morgan fingerprint density at radius 1 is 1.22 bits per heavy atom. The molecule has 1 aromatic heterocycles. The fourth-order valence-electron chi connectivity index (χ4n) is 2.45. The second-order valence-corrected chi connectivity index (χ2v) is 6.76. The van der Waals surface area contributed by atoms with Crippen LogP contribution in [-0.2, 0) is 13.0 Å². The van der Waals surface area contributed by atoms with Gasteiger partial charge in [-0.05, 0) is 50.5 Å². The molecule has 5 nitrogen and oxygen atoms in total. The van der Waals surface area contributed by atoms with E-state index in [4.69, 9.17) is 16.3 Å². The minimum absolute atomic E-state index is 0. The zero-order chi connectivity index (χ0) is 18.9. The van der Waals surface area contributed by atoms with E-state index in [1.54, 1.807) is 19.3 Å². The molecular formula is C20H28ClIN4O. The molecule has 2 rings (SSSR count). The summed E-state index contributed by atoms with van der Waals surface area (Å²) < 4.78 is 5.92. The summed E-state index contributed by atoms with van der Waals surface area (Å²) in [5.74, 6) is 1.66. The van der Waals surface area contributed by atoms with E-state index in [9.17, 15) is 0 Å². The predicted molar refractivity (Wildman–Crippen MR) is 124 cm³/mol. The Morgan fingerprint density at radius 2 is 2.00 bits per heavy atom. The monoisotopic (exact) mass is 502 g/mol. The van der Waals surface area contributed by atoms with Crippen molar-refractivity contribution in [1.29, 1.82) is 0 Å². The first kappa shape index (κ1) is 23.5. The molecule has 0 amide bonds. The molecule has 0 fully saturated rings. The summed E-state index contributed by atoms with van der Waals surface area (Å²) in [5.41, 5.74) is 3.42. The smallest absolute Gasteiger partial charge is 0.191 e.